The van der Waals surface area contributed by atoms with E-state index in [0.29, 0.717) is 6.54 Å². The van der Waals surface area contributed by atoms with Gasteiger partial charge in [-0.2, -0.15) is 0 Å². The summed E-state index contributed by atoms with van der Waals surface area (Å²) < 4.78 is 7.75. The van der Waals surface area contributed by atoms with Gasteiger partial charge in [0.2, 0.25) is 0 Å². The second-order valence-corrected chi connectivity index (χ2v) is 7.61. The Morgan fingerprint density at radius 3 is 2.35 bits per heavy atom. The normalized spacial score (nSPS) is 11.0. The number of aryl methyl sites for hydroxylation is 1. The number of nitrogens with zero attached hydrogens (tertiary/aromatic N) is 2. The van der Waals surface area contributed by atoms with Crippen molar-refractivity contribution in [2.45, 2.75) is 13.5 Å². The maximum atomic E-state index is 10.9. The van der Waals surface area contributed by atoms with Gasteiger partial charge in [0.25, 0.3) is 0 Å². The van der Waals surface area contributed by atoms with Crippen LogP contribution in [0.4, 0.5) is 0 Å². The molecule has 0 unspecified atom stereocenters. The summed E-state index contributed by atoms with van der Waals surface area (Å²) in [6.45, 7) is 2.60. The van der Waals surface area contributed by atoms with E-state index in [1.807, 2.05) is 90.5 Å². The van der Waals surface area contributed by atoms with Crippen LogP contribution in [0.2, 0.25) is 0 Å². The monoisotopic (exact) mass is 406 g/mol. The lowest BCUT2D eigenvalue weighted by Crippen LogP contribution is -1.97. The SMILES string of the molecule is Cc1cc(-c2ccccn2)cc2cn(Cc3ccc(Oc4ccccc4)cc3)c(O)c12. The molecule has 31 heavy (non-hydrogen) atoms. The van der Waals surface area contributed by atoms with Crippen LogP contribution in [0.25, 0.3) is 22.0 Å². The molecule has 0 bridgehead atoms. The van der Waals surface area contributed by atoms with Crippen LogP contribution in [0.1, 0.15) is 11.1 Å². The third-order valence-electron chi connectivity index (χ3n) is 5.37. The minimum atomic E-state index is 0.282. The Kier molecular flexibility index (Phi) is 4.89. The molecule has 5 aromatic rings. The summed E-state index contributed by atoms with van der Waals surface area (Å²) in [6.07, 6.45) is 3.79. The number of aromatic nitrogens is 2. The number of ether oxygens (including phenoxy) is 1. The van der Waals surface area contributed by atoms with Gasteiger partial charge >= 0.3 is 0 Å². The number of benzene rings is 3. The van der Waals surface area contributed by atoms with Crippen molar-refractivity contribution >= 4 is 10.8 Å². The molecule has 3 aromatic carbocycles. The van der Waals surface area contributed by atoms with E-state index < -0.39 is 0 Å². The molecule has 1 N–H and O–H groups in total. The smallest absolute Gasteiger partial charge is 0.199 e. The number of aromatic hydroxyl groups is 1. The molecule has 0 aliphatic rings. The van der Waals surface area contributed by atoms with E-state index in [0.717, 1.165) is 44.7 Å². The Labute approximate surface area is 181 Å². The van der Waals surface area contributed by atoms with Crippen molar-refractivity contribution < 1.29 is 9.84 Å². The molecule has 2 heterocycles. The van der Waals surface area contributed by atoms with E-state index in [4.69, 9.17) is 4.74 Å². The number of fused-ring (bicyclic) bond motifs is 1. The summed E-state index contributed by atoms with van der Waals surface area (Å²) in [5, 5.41) is 12.7. The molecule has 5 rings (SSSR count). The number of rotatable bonds is 5. The van der Waals surface area contributed by atoms with Crippen LogP contribution in [-0.4, -0.2) is 14.7 Å². The number of pyridine rings is 1. The molecule has 4 heteroatoms. The van der Waals surface area contributed by atoms with Gasteiger partial charge in [0.05, 0.1) is 12.2 Å². The highest BCUT2D eigenvalue weighted by molar-refractivity contribution is 5.94. The fourth-order valence-corrected chi connectivity index (χ4v) is 3.88. The van der Waals surface area contributed by atoms with Crippen LogP contribution in [-0.2, 0) is 6.54 Å². The van der Waals surface area contributed by atoms with Crippen LogP contribution in [0.15, 0.2) is 97.3 Å². The van der Waals surface area contributed by atoms with Gasteiger partial charge in [-0.25, -0.2) is 0 Å². The predicted octanol–water partition coefficient (Wildman–Crippen LogP) is 6.56. The minimum absolute atomic E-state index is 0.282. The van der Waals surface area contributed by atoms with Crippen molar-refractivity contribution in [2.24, 2.45) is 0 Å². The first-order valence-corrected chi connectivity index (χ1v) is 10.2. The third kappa shape index (κ3) is 3.88. The fraction of sp³-hybridized carbons (Fsp3) is 0.0741. The van der Waals surface area contributed by atoms with Crippen LogP contribution in [0.5, 0.6) is 17.4 Å². The summed E-state index contributed by atoms with van der Waals surface area (Å²) in [6, 6.07) is 27.7. The third-order valence-corrected chi connectivity index (χ3v) is 5.37. The Hall–Kier alpha value is -4.05. The zero-order valence-corrected chi connectivity index (χ0v) is 17.2. The van der Waals surface area contributed by atoms with Crippen molar-refractivity contribution in [3.05, 3.63) is 108 Å². The molecular weight excluding hydrogens is 384 g/mol. The molecule has 0 saturated heterocycles. The number of hydrogen-bond donors (Lipinski definition) is 1. The Bertz CT molecular complexity index is 1330. The maximum absolute atomic E-state index is 10.9. The first-order chi connectivity index (χ1) is 15.2. The molecule has 0 radical (unpaired) electrons. The molecule has 0 spiro atoms. The van der Waals surface area contributed by atoms with Gasteiger partial charge in [-0.3, -0.25) is 4.98 Å². The van der Waals surface area contributed by atoms with E-state index in [1.165, 1.54) is 0 Å². The van der Waals surface area contributed by atoms with Crippen LogP contribution in [0, 0.1) is 6.92 Å². The molecule has 4 nitrogen and oxygen atoms in total. The zero-order valence-electron chi connectivity index (χ0n) is 17.2. The summed E-state index contributed by atoms with van der Waals surface area (Å²) in [5.41, 5.74) is 4.08. The van der Waals surface area contributed by atoms with E-state index in [-0.39, 0.29) is 5.88 Å². The topological polar surface area (TPSA) is 47.3 Å². The molecule has 0 amide bonds. The second kappa shape index (κ2) is 8.00. The molecule has 0 atom stereocenters. The predicted molar refractivity (Wildman–Crippen MR) is 124 cm³/mol. The van der Waals surface area contributed by atoms with Gasteiger partial charge in [0, 0.05) is 28.7 Å². The average Bonchev–Trinajstić information content (AvgIpc) is 3.12. The largest absolute Gasteiger partial charge is 0.494 e. The van der Waals surface area contributed by atoms with Crippen molar-refractivity contribution in [1.29, 1.82) is 0 Å². The molecule has 0 saturated carbocycles. The Morgan fingerprint density at radius 1 is 0.871 bits per heavy atom. The molecule has 0 aliphatic carbocycles. The molecule has 0 aliphatic heterocycles. The van der Waals surface area contributed by atoms with Gasteiger partial charge in [-0.15, -0.1) is 0 Å². The summed E-state index contributed by atoms with van der Waals surface area (Å²) in [7, 11) is 0. The van der Waals surface area contributed by atoms with E-state index in [9.17, 15) is 5.11 Å². The highest BCUT2D eigenvalue weighted by atomic mass is 16.5. The van der Waals surface area contributed by atoms with Crippen LogP contribution >= 0.6 is 0 Å². The summed E-state index contributed by atoms with van der Waals surface area (Å²) >= 11 is 0. The van der Waals surface area contributed by atoms with Crippen molar-refractivity contribution in [1.82, 2.24) is 9.55 Å². The Morgan fingerprint density at radius 2 is 1.61 bits per heavy atom. The van der Waals surface area contributed by atoms with Gasteiger partial charge in [-0.05, 0) is 66.6 Å². The van der Waals surface area contributed by atoms with E-state index >= 15 is 0 Å². The van der Waals surface area contributed by atoms with Gasteiger partial charge in [0.15, 0.2) is 5.88 Å². The molecule has 152 valence electrons. The standard InChI is InChI=1S/C27H22N2O2/c1-19-15-21(25-9-5-6-14-28-25)16-22-18-29(27(30)26(19)22)17-20-10-12-24(13-11-20)31-23-7-3-2-4-8-23/h2-16,18,30H,17H2,1H3. The lowest BCUT2D eigenvalue weighted by atomic mass is 10.0. The van der Waals surface area contributed by atoms with Gasteiger partial charge < -0.3 is 14.4 Å². The lowest BCUT2D eigenvalue weighted by molar-refractivity contribution is 0.430. The lowest BCUT2D eigenvalue weighted by Gasteiger charge is -2.08. The fourth-order valence-electron chi connectivity index (χ4n) is 3.88. The highest BCUT2D eigenvalue weighted by Crippen LogP contribution is 2.34. The van der Waals surface area contributed by atoms with Gasteiger partial charge in [0.1, 0.15) is 11.5 Å². The molecule has 0 fully saturated rings. The first-order valence-electron chi connectivity index (χ1n) is 10.2. The maximum Gasteiger partial charge on any atom is 0.199 e. The van der Waals surface area contributed by atoms with Gasteiger partial charge in [-0.1, -0.05) is 36.4 Å². The minimum Gasteiger partial charge on any atom is -0.494 e. The highest BCUT2D eigenvalue weighted by Gasteiger charge is 2.13. The van der Waals surface area contributed by atoms with E-state index in [2.05, 4.69) is 17.1 Å². The van der Waals surface area contributed by atoms with Crippen LogP contribution in [0.3, 0.4) is 0 Å². The summed E-state index contributed by atoms with van der Waals surface area (Å²) in [4.78, 5) is 4.45. The number of para-hydroxylation sites is 1. The van der Waals surface area contributed by atoms with Crippen LogP contribution < -0.4 is 4.74 Å². The molecular formula is C27H22N2O2. The number of hydrogen-bond acceptors (Lipinski definition) is 3. The van der Waals surface area contributed by atoms with Crippen molar-refractivity contribution in [3.8, 4) is 28.6 Å². The quantitative estimate of drug-likeness (QED) is 0.360. The first kappa shape index (κ1) is 18.9. The zero-order chi connectivity index (χ0) is 21.2. The van der Waals surface area contributed by atoms with Crippen molar-refractivity contribution in [2.75, 3.05) is 0 Å². The van der Waals surface area contributed by atoms with E-state index in [1.54, 1.807) is 6.20 Å². The Balaban J connectivity index is 1.41. The molecule has 2 aromatic heterocycles. The average molecular weight is 406 g/mol. The summed E-state index contributed by atoms with van der Waals surface area (Å²) in [5.74, 6) is 1.88. The van der Waals surface area contributed by atoms with Crippen molar-refractivity contribution in [3.63, 3.8) is 0 Å². The second-order valence-electron chi connectivity index (χ2n) is 7.61.